The van der Waals surface area contributed by atoms with E-state index in [4.69, 9.17) is 5.11 Å². The number of piperazine rings is 1. The molecule has 1 N–H and O–H groups in total. The molecule has 2 aliphatic rings. The van der Waals surface area contributed by atoms with E-state index >= 15 is 0 Å². The molecule has 4 heteroatoms. The molecule has 4 nitrogen and oxygen atoms in total. The number of nitrogens with zero attached hydrogens (tertiary/aromatic N) is 3. The van der Waals surface area contributed by atoms with Crippen LogP contribution in [0.3, 0.4) is 0 Å². The SMILES string of the molecule is N#Cc1ccc(N2C[C@@H]3C[C@H]2CN3CCO)c2ccccc12. The van der Waals surface area contributed by atoms with Crippen LogP contribution >= 0.6 is 0 Å². The molecule has 0 aromatic heterocycles. The Morgan fingerprint density at radius 2 is 1.91 bits per heavy atom. The third kappa shape index (κ3) is 1.98. The summed E-state index contributed by atoms with van der Waals surface area (Å²) in [6.07, 6.45) is 1.17. The Balaban J connectivity index is 1.71. The van der Waals surface area contributed by atoms with Crippen molar-refractivity contribution in [3.05, 3.63) is 42.0 Å². The average Bonchev–Trinajstić information content (AvgIpc) is 3.14. The number of anilines is 1. The highest BCUT2D eigenvalue weighted by atomic mass is 16.3. The Kier molecular flexibility index (Phi) is 3.25. The molecule has 0 spiro atoms. The van der Waals surface area contributed by atoms with Gasteiger partial charge in [-0.05, 0) is 18.6 Å². The number of nitriles is 1. The van der Waals surface area contributed by atoms with E-state index in [9.17, 15) is 5.26 Å². The first-order valence-electron chi connectivity index (χ1n) is 7.85. The molecule has 2 bridgehead atoms. The molecule has 0 amide bonds. The van der Waals surface area contributed by atoms with E-state index in [1.54, 1.807) is 0 Å². The lowest BCUT2D eigenvalue weighted by Crippen LogP contribution is -2.47. The van der Waals surface area contributed by atoms with Gasteiger partial charge in [-0.2, -0.15) is 5.26 Å². The second-order valence-electron chi connectivity index (χ2n) is 6.20. The summed E-state index contributed by atoms with van der Waals surface area (Å²) in [4.78, 5) is 4.88. The highest BCUT2D eigenvalue weighted by Crippen LogP contribution is 2.38. The zero-order chi connectivity index (χ0) is 15.1. The predicted molar refractivity (Wildman–Crippen MR) is 86.9 cm³/mol. The maximum atomic E-state index is 9.30. The van der Waals surface area contributed by atoms with Crippen LogP contribution in [0.25, 0.3) is 10.8 Å². The number of hydrogen-bond acceptors (Lipinski definition) is 4. The molecule has 2 aliphatic heterocycles. The maximum absolute atomic E-state index is 9.30. The van der Waals surface area contributed by atoms with Gasteiger partial charge in [0, 0.05) is 48.2 Å². The fourth-order valence-electron chi connectivity index (χ4n) is 4.08. The van der Waals surface area contributed by atoms with Crippen molar-refractivity contribution in [2.75, 3.05) is 31.1 Å². The number of fused-ring (bicyclic) bond motifs is 3. The van der Waals surface area contributed by atoms with Crippen molar-refractivity contribution in [3.8, 4) is 6.07 Å². The predicted octanol–water partition coefficient (Wildman–Crippen LogP) is 1.97. The van der Waals surface area contributed by atoms with E-state index in [0.29, 0.717) is 12.1 Å². The third-order valence-corrected chi connectivity index (χ3v) is 5.07. The molecule has 2 aromatic carbocycles. The van der Waals surface area contributed by atoms with Crippen molar-refractivity contribution in [3.63, 3.8) is 0 Å². The van der Waals surface area contributed by atoms with Crippen LogP contribution < -0.4 is 4.90 Å². The van der Waals surface area contributed by atoms with Gasteiger partial charge in [0.15, 0.2) is 0 Å². The smallest absolute Gasteiger partial charge is 0.0998 e. The second-order valence-corrected chi connectivity index (χ2v) is 6.20. The van der Waals surface area contributed by atoms with Crippen LogP contribution in [0.5, 0.6) is 0 Å². The molecule has 2 saturated heterocycles. The number of benzene rings is 2. The number of β-amino-alcohol motifs (C(OH)–C–C–N with tert-alkyl or cyclic N) is 1. The summed E-state index contributed by atoms with van der Waals surface area (Å²) in [5.74, 6) is 0. The Hall–Kier alpha value is -2.09. The molecule has 2 aromatic rings. The quantitative estimate of drug-likeness (QED) is 0.940. The minimum atomic E-state index is 0.239. The minimum absolute atomic E-state index is 0.239. The summed E-state index contributed by atoms with van der Waals surface area (Å²) in [7, 11) is 0. The second kappa shape index (κ2) is 5.28. The average molecular weight is 293 g/mol. The largest absolute Gasteiger partial charge is 0.395 e. The molecule has 2 fully saturated rings. The summed E-state index contributed by atoms with van der Waals surface area (Å²) in [6.45, 7) is 3.06. The van der Waals surface area contributed by atoms with Gasteiger partial charge >= 0.3 is 0 Å². The fourth-order valence-corrected chi connectivity index (χ4v) is 4.08. The Morgan fingerprint density at radius 1 is 1.09 bits per heavy atom. The normalized spacial score (nSPS) is 24.1. The van der Waals surface area contributed by atoms with Crippen molar-refractivity contribution in [1.82, 2.24) is 4.90 Å². The molecule has 0 aliphatic carbocycles. The van der Waals surface area contributed by atoms with Crippen molar-refractivity contribution < 1.29 is 5.11 Å². The number of aliphatic hydroxyl groups is 1. The van der Waals surface area contributed by atoms with Gasteiger partial charge in [-0.25, -0.2) is 0 Å². The lowest BCUT2D eigenvalue weighted by Gasteiger charge is -2.36. The van der Waals surface area contributed by atoms with Gasteiger partial charge in [0.1, 0.15) is 0 Å². The highest BCUT2D eigenvalue weighted by Gasteiger charge is 2.43. The standard InChI is InChI=1S/C18H19N3O/c19-10-13-5-6-18(17-4-2-1-3-16(13)17)21-12-14-9-15(21)11-20(14)7-8-22/h1-6,14-15,22H,7-9,11-12H2/t14-,15-/m0/s1. The van der Waals surface area contributed by atoms with Crippen molar-refractivity contribution in [2.24, 2.45) is 0 Å². The summed E-state index contributed by atoms with van der Waals surface area (Å²) >= 11 is 0. The van der Waals surface area contributed by atoms with Gasteiger partial charge in [-0.3, -0.25) is 4.90 Å². The summed E-state index contributed by atoms with van der Waals surface area (Å²) in [6, 6.07) is 15.6. The van der Waals surface area contributed by atoms with Gasteiger partial charge in [-0.1, -0.05) is 24.3 Å². The van der Waals surface area contributed by atoms with Crippen molar-refractivity contribution >= 4 is 16.5 Å². The van der Waals surface area contributed by atoms with E-state index in [1.807, 2.05) is 24.3 Å². The first-order chi connectivity index (χ1) is 10.8. The maximum Gasteiger partial charge on any atom is 0.0998 e. The van der Waals surface area contributed by atoms with E-state index in [-0.39, 0.29) is 6.61 Å². The van der Waals surface area contributed by atoms with Crippen molar-refractivity contribution in [2.45, 2.75) is 18.5 Å². The molecular weight excluding hydrogens is 274 g/mol. The summed E-state index contributed by atoms with van der Waals surface area (Å²) < 4.78 is 0. The van der Waals surface area contributed by atoms with Gasteiger partial charge < -0.3 is 10.0 Å². The molecule has 22 heavy (non-hydrogen) atoms. The van der Waals surface area contributed by atoms with E-state index in [0.717, 1.165) is 30.6 Å². The molecule has 112 valence electrons. The van der Waals surface area contributed by atoms with E-state index in [2.05, 4.69) is 28.0 Å². The highest BCUT2D eigenvalue weighted by molar-refractivity contribution is 5.98. The van der Waals surface area contributed by atoms with E-state index < -0.39 is 0 Å². The lowest BCUT2D eigenvalue weighted by atomic mass is 10.0. The first kappa shape index (κ1) is 13.6. The Morgan fingerprint density at radius 3 is 2.59 bits per heavy atom. The molecule has 0 saturated carbocycles. The van der Waals surface area contributed by atoms with E-state index in [1.165, 1.54) is 17.5 Å². The third-order valence-electron chi connectivity index (χ3n) is 5.07. The van der Waals surface area contributed by atoms with Crippen LogP contribution in [-0.2, 0) is 0 Å². The molecule has 2 atom stereocenters. The van der Waals surface area contributed by atoms with Crippen LogP contribution in [-0.4, -0.2) is 48.3 Å². The lowest BCUT2D eigenvalue weighted by molar-refractivity contribution is 0.177. The molecular formula is C18H19N3O. The van der Waals surface area contributed by atoms with Gasteiger partial charge in [0.05, 0.1) is 18.2 Å². The molecule has 2 heterocycles. The van der Waals surface area contributed by atoms with Gasteiger partial charge in [0.2, 0.25) is 0 Å². The van der Waals surface area contributed by atoms with Crippen LogP contribution in [0.2, 0.25) is 0 Å². The number of aliphatic hydroxyl groups excluding tert-OH is 1. The minimum Gasteiger partial charge on any atom is -0.395 e. The van der Waals surface area contributed by atoms with Crippen LogP contribution in [0.1, 0.15) is 12.0 Å². The van der Waals surface area contributed by atoms with Crippen molar-refractivity contribution in [1.29, 1.82) is 5.26 Å². The number of hydrogen-bond donors (Lipinski definition) is 1. The number of rotatable bonds is 3. The molecule has 0 unspecified atom stereocenters. The molecule has 4 rings (SSSR count). The summed E-state index contributed by atoms with van der Waals surface area (Å²) in [5.41, 5.74) is 1.98. The Labute approximate surface area is 130 Å². The van der Waals surface area contributed by atoms with Crippen LogP contribution in [0, 0.1) is 11.3 Å². The van der Waals surface area contributed by atoms with Gasteiger partial charge in [0.25, 0.3) is 0 Å². The zero-order valence-electron chi connectivity index (χ0n) is 12.4. The summed E-state index contributed by atoms with van der Waals surface area (Å²) in [5, 5.41) is 20.7. The first-order valence-corrected chi connectivity index (χ1v) is 7.85. The number of likely N-dealkylation sites (tertiary alicyclic amines) is 1. The fraction of sp³-hybridized carbons (Fsp3) is 0.389. The van der Waals surface area contributed by atoms with Gasteiger partial charge in [-0.15, -0.1) is 0 Å². The molecule has 0 radical (unpaired) electrons. The van der Waals surface area contributed by atoms with Crippen LogP contribution in [0.4, 0.5) is 5.69 Å². The zero-order valence-corrected chi connectivity index (χ0v) is 12.4. The van der Waals surface area contributed by atoms with Crippen LogP contribution in [0.15, 0.2) is 36.4 Å². The monoisotopic (exact) mass is 293 g/mol. The topological polar surface area (TPSA) is 50.5 Å². The Bertz CT molecular complexity index is 752.